The van der Waals surface area contributed by atoms with Gasteiger partial charge in [-0.2, -0.15) is 0 Å². The van der Waals surface area contributed by atoms with Crippen LogP contribution in [0.4, 0.5) is 0 Å². The first-order chi connectivity index (χ1) is 21.6. The molecule has 9 heteroatoms. The highest BCUT2D eigenvalue weighted by Gasteiger charge is 2.41. The van der Waals surface area contributed by atoms with E-state index in [0.717, 1.165) is 91.1 Å². The van der Waals surface area contributed by atoms with Crippen molar-refractivity contribution in [3.05, 3.63) is 91.5 Å². The highest BCUT2D eigenvalue weighted by molar-refractivity contribution is 6.21. The smallest absolute Gasteiger partial charge is 0.305 e. The van der Waals surface area contributed by atoms with Crippen molar-refractivity contribution in [3.63, 3.8) is 0 Å². The van der Waals surface area contributed by atoms with Gasteiger partial charge in [0.05, 0.1) is 48.4 Å². The summed E-state index contributed by atoms with van der Waals surface area (Å²) in [7, 11) is 2.81. The van der Waals surface area contributed by atoms with Gasteiger partial charge in [-0.05, 0) is 86.1 Å². The Labute approximate surface area is 264 Å². The molecule has 2 N–H and O–H groups in total. The van der Waals surface area contributed by atoms with Gasteiger partial charge in [-0.3, -0.25) is 9.59 Å². The third-order valence-electron chi connectivity index (χ3n) is 9.88. The lowest BCUT2D eigenvalue weighted by molar-refractivity contribution is -0.141. The molecule has 5 aliphatic heterocycles. The summed E-state index contributed by atoms with van der Waals surface area (Å²) in [6.07, 6.45) is 8.92. The molecule has 1 fully saturated rings. The fraction of sp³-hybridized carbons (Fsp3) is 0.417. The molecular weight excluding hydrogens is 568 g/mol. The Morgan fingerprint density at radius 3 is 2.24 bits per heavy atom. The van der Waals surface area contributed by atoms with Gasteiger partial charge < -0.3 is 19.9 Å². The minimum Gasteiger partial charge on any atom is -0.511 e. The van der Waals surface area contributed by atoms with Gasteiger partial charge in [-0.1, -0.05) is 13.8 Å². The van der Waals surface area contributed by atoms with Crippen LogP contribution in [0.15, 0.2) is 106 Å². The lowest BCUT2D eigenvalue weighted by Crippen LogP contribution is -2.16. The number of carbonyl (C=O) groups excluding carboxylic acids is 2. The van der Waals surface area contributed by atoms with Gasteiger partial charge in [-0.15, -0.1) is 0 Å². The largest absolute Gasteiger partial charge is 0.511 e. The zero-order chi connectivity index (χ0) is 32.2. The van der Waals surface area contributed by atoms with E-state index >= 15 is 0 Å². The third-order valence-corrected chi connectivity index (χ3v) is 9.88. The second-order valence-corrected chi connectivity index (χ2v) is 12.3. The second-order valence-electron chi connectivity index (χ2n) is 12.3. The fourth-order valence-electron chi connectivity index (χ4n) is 7.18. The number of nitrogens with one attached hydrogen (secondary N) is 1. The number of aliphatic hydroxyl groups is 1. The summed E-state index contributed by atoms with van der Waals surface area (Å²) in [5, 5.41) is 14.9. The van der Waals surface area contributed by atoms with E-state index in [0.29, 0.717) is 25.0 Å². The molecule has 0 unspecified atom stereocenters. The number of rotatable bonds is 7. The first-order valence-electron chi connectivity index (χ1n) is 15.7. The zero-order valence-corrected chi connectivity index (χ0v) is 27.1. The summed E-state index contributed by atoms with van der Waals surface area (Å²) in [6, 6.07) is 0. The summed E-state index contributed by atoms with van der Waals surface area (Å²) in [4.78, 5) is 39.7. The first-order valence-corrected chi connectivity index (χ1v) is 15.7. The Morgan fingerprint density at radius 2 is 1.56 bits per heavy atom. The molecule has 0 aromatic carbocycles. The van der Waals surface area contributed by atoms with E-state index < -0.39 is 0 Å². The van der Waals surface area contributed by atoms with Gasteiger partial charge >= 0.3 is 11.9 Å². The van der Waals surface area contributed by atoms with Crippen molar-refractivity contribution in [1.82, 2.24) is 5.32 Å². The number of aliphatic imine (C=N–C) groups is 3. The maximum atomic E-state index is 12.2. The summed E-state index contributed by atoms with van der Waals surface area (Å²) >= 11 is 0. The van der Waals surface area contributed by atoms with E-state index in [1.54, 1.807) is 0 Å². The predicted octanol–water partition coefficient (Wildman–Crippen LogP) is 6.56. The minimum atomic E-state index is -0.267. The van der Waals surface area contributed by atoms with Crippen LogP contribution in [-0.4, -0.2) is 48.4 Å². The number of nitrogens with zero attached hydrogens (tertiary/aromatic N) is 3. The molecule has 0 saturated carbocycles. The number of esters is 2. The van der Waals surface area contributed by atoms with Crippen LogP contribution < -0.4 is 5.32 Å². The molecule has 9 nitrogen and oxygen atoms in total. The molecule has 8 bridgehead atoms. The van der Waals surface area contributed by atoms with Crippen molar-refractivity contribution in [1.29, 1.82) is 0 Å². The van der Waals surface area contributed by atoms with E-state index in [2.05, 4.69) is 32.2 Å². The van der Waals surface area contributed by atoms with Crippen LogP contribution in [0.1, 0.15) is 73.1 Å². The standard InChI is InChI=1S/C36H40N4O5/c1-8-21-17(2)26-15-30-22(9-11-32(42)44-6)18(3)25(38-30)14-27-19(4)23(10-12-33(43)45-7)35(39-27)24-13-31(41)34-20(5)28(40-36(24)34)16-29(21)37-26/h14-16,19,23,39,41H,8-13H2,1-7H3/t19-,23-/m0/s1. The van der Waals surface area contributed by atoms with E-state index in [1.807, 2.05) is 26.0 Å². The van der Waals surface area contributed by atoms with Crippen LogP contribution in [0.25, 0.3) is 0 Å². The van der Waals surface area contributed by atoms with E-state index in [1.165, 1.54) is 14.2 Å². The van der Waals surface area contributed by atoms with Crippen molar-refractivity contribution in [2.45, 2.75) is 73.1 Å². The number of carbonyl (C=O) groups is 2. The summed E-state index contributed by atoms with van der Waals surface area (Å²) in [5.41, 5.74) is 13.7. The Bertz CT molecular complexity index is 1780. The molecule has 0 amide bonds. The monoisotopic (exact) mass is 608 g/mol. The molecule has 45 heavy (non-hydrogen) atoms. The van der Waals surface area contributed by atoms with E-state index in [-0.39, 0.29) is 36.6 Å². The van der Waals surface area contributed by atoms with Gasteiger partial charge in [0, 0.05) is 53.6 Å². The molecule has 2 atom stereocenters. The van der Waals surface area contributed by atoms with Gasteiger partial charge in [0.1, 0.15) is 5.76 Å². The maximum absolute atomic E-state index is 12.2. The lowest BCUT2D eigenvalue weighted by atomic mass is 9.86. The Balaban J connectivity index is 1.56. The van der Waals surface area contributed by atoms with Crippen LogP contribution in [0.5, 0.6) is 0 Å². The second kappa shape index (κ2) is 11.8. The SMILES string of the molecule is CCC1=C(C)C2=NC1=CC1=C(C)C3=C(O)CC(=C4NC(=CC5=NC(=C2)C(CCC(=O)OC)=C5C)[C@@H](C)[C@@H]4CCC(=O)OC)C3=N1. The highest BCUT2D eigenvalue weighted by atomic mass is 16.5. The topological polar surface area (TPSA) is 122 Å². The number of hydrogen-bond donors (Lipinski definition) is 2. The first kappa shape index (κ1) is 30.5. The van der Waals surface area contributed by atoms with Crippen molar-refractivity contribution >= 4 is 29.1 Å². The highest BCUT2D eigenvalue weighted by Crippen LogP contribution is 2.46. The van der Waals surface area contributed by atoms with E-state index in [9.17, 15) is 14.7 Å². The van der Waals surface area contributed by atoms with Crippen molar-refractivity contribution < 1.29 is 24.2 Å². The van der Waals surface area contributed by atoms with Crippen LogP contribution >= 0.6 is 0 Å². The molecule has 0 aromatic rings. The molecule has 6 rings (SSSR count). The number of aliphatic hydroxyl groups excluding tert-OH is 1. The van der Waals surface area contributed by atoms with Crippen LogP contribution in [0, 0.1) is 11.8 Å². The summed E-state index contributed by atoms with van der Waals surface area (Å²) in [5.74, 6) is -0.192. The fourth-order valence-corrected chi connectivity index (χ4v) is 7.18. The molecule has 0 radical (unpaired) electrons. The van der Waals surface area contributed by atoms with Gasteiger partial charge in [0.2, 0.25) is 0 Å². The van der Waals surface area contributed by atoms with Crippen LogP contribution in [0.2, 0.25) is 0 Å². The van der Waals surface area contributed by atoms with E-state index in [4.69, 9.17) is 24.5 Å². The molecule has 0 aromatic heterocycles. The predicted molar refractivity (Wildman–Crippen MR) is 175 cm³/mol. The molecule has 1 aliphatic carbocycles. The number of fused-ring (bicyclic) bond motifs is 5. The Morgan fingerprint density at radius 1 is 0.911 bits per heavy atom. The normalized spacial score (nSPS) is 23.7. The third kappa shape index (κ3) is 5.18. The zero-order valence-electron chi connectivity index (χ0n) is 27.1. The van der Waals surface area contributed by atoms with Gasteiger partial charge in [0.25, 0.3) is 0 Å². The van der Waals surface area contributed by atoms with Gasteiger partial charge in [0.15, 0.2) is 0 Å². The quantitative estimate of drug-likeness (QED) is 0.316. The average Bonchev–Trinajstić information content (AvgIpc) is 3.77. The van der Waals surface area contributed by atoms with Crippen LogP contribution in [-0.2, 0) is 19.1 Å². The number of allylic oxidation sites excluding steroid dienone is 12. The average molecular weight is 609 g/mol. The van der Waals surface area contributed by atoms with Crippen molar-refractivity contribution in [2.24, 2.45) is 26.8 Å². The minimum absolute atomic E-state index is 0.0162. The van der Waals surface area contributed by atoms with Crippen molar-refractivity contribution in [3.8, 4) is 0 Å². The van der Waals surface area contributed by atoms with Crippen molar-refractivity contribution in [2.75, 3.05) is 14.2 Å². The molecular formula is C36H40N4O5. The Kier molecular flexibility index (Phi) is 7.97. The summed E-state index contributed by atoms with van der Waals surface area (Å²) in [6.45, 7) is 10.4. The number of methoxy groups -OCH3 is 2. The molecule has 234 valence electrons. The lowest BCUT2D eigenvalue weighted by Gasteiger charge is -2.17. The maximum Gasteiger partial charge on any atom is 0.305 e. The molecule has 6 aliphatic rings. The molecule has 5 heterocycles. The van der Waals surface area contributed by atoms with Crippen LogP contribution in [0.3, 0.4) is 0 Å². The summed E-state index contributed by atoms with van der Waals surface area (Å²) < 4.78 is 9.93. The number of ether oxygens (including phenoxy) is 2. The number of hydrogen-bond acceptors (Lipinski definition) is 9. The Hall–Kier alpha value is -4.53. The van der Waals surface area contributed by atoms with Gasteiger partial charge in [-0.25, -0.2) is 15.0 Å². The molecule has 0 spiro atoms. The molecule has 1 saturated heterocycles.